The molecule has 1 unspecified atom stereocenters. The van der Waals surface area contributed by atoms with E-state index in [0.29, 0.717) is 0 Å². The molecule has 0 aliphatic rings. The van der Waals surface area contributed by atoms with Gasteiger partial charge in [-0.25, -0.2) is 4.39 Å². The SMILES string of the molecule is CC(Nc1ccccc1C(C)(C)C)c1ccc(F)cc1. The summed E-state index contributed by atoms with van der Waals surface area (Å²) < 4.78 is 13.0. The highest BCUT2D eigenvalue weighted by Crippen LogP contribution is 2.31. The molecule has 1 atom stereocenters. The van der Waals surface area contributed by atoms with Gasteiger partial charge < -0.3 is 5.32 Å². The van der Waals surface area contributed by atoms with Crippen LogP contribution in [-0.2, 0) is 5.41 Å². The Morgan fingerprint density at radius 2 is 1.55 bits per heavy atom. The lowest BCUT2D eigenvalue weighted by molar-refractivity contribution is 0.590. The fourth-order valence-corrected chi connectivity index (χ4v) is 2.33. The van der Waals surface area contributed by atoms with Crippen LogP contribution in [-0.4, -0.2) is 0 Å². The average molecular weight is 271 g/mol. The van der Waals surface area contributed by atoms with Gasteiger partial charge in [-0.3, -0.25) is 0 Å². The molecule has 2 heteroatoms. The molecule has 2 aromatic rings. The summed E-state index contributed by atoms with van der Waals surface area (Å²) in [4.78, 5) is 0. The molecule has 0 spiro atoms. The lowest BCUT2D eigenvalue weighted by Gasteiger charge is -2.25. The van der Waals surface area contributed by atoms with Gasteiger partial charge in [-0.1, -0.05) is 51.1 Å². The molecule has 0 aliphatic carbocycles. The summed E-state index contributed by atoms with van der Waals surface area (Å²) >= 11 is 0. The topological polar surface area (TPSA) is 12.0 Å². The minimum absolute atomic E-state index is 0.0894. The van der Waals surface area contributed by atoms with E-state index < -0.39 is 0 Å². The molecule has 0 heterocycles. The van der Waals surface area contributed by atoms with E-state index in [1.165, 1.54) is 17.7 Å². The van der Waals surface area contributed by atoms with Crippen LogP contribution in [0.5, 0.6) is 0 Å². The number of nitrogens with one attached hydrogen (secondary N) is 1. The quantitative estimate of drug-likeness (QED) is 0.799. The van der Waals surface area contributed by atoms with Gasteiger partial charge >= 0.3 is 0 Å². The molecule has 0 amide bonds. The molecular weight excluding hydrogens is 249 g/mol. The Morgan fingerprint density at radius 1 is 0.950 bits per heavy atom. The highest BCUT2D eigenvalue weighted by molar-refractivity contribution is 5.55. The Kier molecular flexibility index (Phi) is 4.12. The van der Waals surface area contributed by atoms with Gasteiger partial charge in [-0.2, -0.15) is 0 Å². The van der Waals surface area contributed by atoms with Crippen molar-refractivity contribution >= 4 is 5.69 Å². The summed E-state index contributed by atoms with van der Waals surface area (Å²) in [5.41, 5.74) is 3.59. The van der Waals surface area contributed by atoms with Crippen molar-refractivity contribution in [1.82, 2.24) is 0 Å². The summed E-state index contributed by atoms with van der Waals surface area (Å²) in [6.45, 7) is 8.70. The summed E-state index contributed by atoms with van der Waals surface area (Å²) in [7, 11) is 0. The number of para-hydroxylation sites is 1. The van der Waals surface area contributed by atoms with Crippen LogP contribution in [0.1, 0.15) is 44.9 Å². The van der Waals surface area contributed by atoms with E-state index in [4.69, 9.17) is 0 Å². The van der Waals surface area contributed by atoms with E-state index in [1.807, 2.05) is 18.2 Å². The molecule has 1 nitrogen and oxygen atoms in total. The highest BCUT2D eigenvalue weighted by atomic mass is 19.1. The van der Waals surface area contributed by atoms with Crippen LogP contribution in [0.4, 0.5) is 10.1 Å². The maximum atomic E-state index is 13.0. The van der Waals surface area contributed by atoms with Crippen LogP contribution in [0.3, 0.4) is 0 Å². The Bertz CT molecular complexity index is 567. The fourth-order valence-electron chi connectivity index (χ4n) is 2.33. The Labute approximate surface area is 120 Å². The zero-order chi connectivity index (χ0) is 14.8. The lowest BCUT2D eigenvalue weighted by atomic mass is 9.85. The standard InChI is InChI=1S/C18H22FN/c1-13(14-9-11-15(19)12-10-14)20-17-8-6-5-7-16(17)18(2,3)4/h5-13,20H,1-4H3. The van der Waals surface area contributed by atoms with Crippen LogP contribution < -0.4 is 5.32 Å². The predicted molar refractivity (Wildman–Crippen MR) is 83.6 cm³/mol. The summed E-state index contributed by atoms with van der Waals surface area (Å²) in [5, 5.41) is 3.53. The Balaban J connectivity index is 2.24. The molecule has 106 valence electrons. The molecule has 0 radical (unpaired) electrons. The summed E-state index contributed by atoms with van der Waals surface area (Å²) in [6.07, 6.45) is 0. The smallest absolute Gasteiger partial charge is 0.123 e. The van der Waals surface area contributed by atoms with Crippen LogP contribution in [0.25, 0.3) is 0 Å². The molecule has 20 heavy (non-hydrogen) atoms. The van der Waals surface area contributed by atoms with Gasteiger partial charge in [-0.15, -0.1) is 0 Å². The van der Waals surface area contributed by atoms with E-state index >= 15 is 0 Å². The van der Waals surface area contributed by atoms with Gasteiger partial charge in [0, 0.05) is 11.7 Å². The van der Waals surface area contributed by atoms with Gasteiger partial charge in [0.15, 0.2) is 0 Å². The monoisotopic (exact) mass is 271 g/mol. The van der Waals surface area contributed by atoms with Crippen LogP contribution in [0, 0.1) is 5.82 Å². The van der Waals surface area contributed by atoms with Gasteiger partial charge in [0.2, 0.25) is 0 Å². The first-order valence-electron chi connectivity index (χ1n) is 6.99. The predicted octanol–water partition coefficient (Wildman–Crippen LogP) is 5.30. The van der Waals surface area contributed by atoms with Crippen LogP contribution >= 0.6 is 0 Å². The van der Waals surface area contributed by atoms with Crippen molar-refractivity contribution in [3.05, 3.63) is 65.5 Å². The van der Waals surface area contributed by atoms with Crippen molar-refractivity contribution in [2.75, 3.05) is 5.32 Å². The number of rotatable bonds is 3. The molecular formula is C18H22FN. The number of hydrogen-bond donors (Lipinski definition) is 1. The van der Waals surface area contributed by atoms with Crippen molar-refractivity contribution in [2.24, 2.45) is 0 Å². The zero-order valence-corrected chi connectivity index (χ0v) is 12.6. The average Bonchev–Trinajstić information content (AvgIpc) is 2.38. The lowest BCUT2D eigenvalue weighted by Crippen LogP contribution is -2.16. The normalized spacial score (nSPS) is 13.1. The van der Waals surface area contributed by atoms with Gasteiger partial charge in [0.1, 0.15) is 5.82 Å². The first-order chi connectivity index (χ1) is 9.38. The molecule has 0 aliphatic heterocycles. The minimum Gasteiger partial charge on any atom is -0.378 e. The van der Waals surface area contributed by atoms with Crippen molar-refractivity contribution in [3.63, 3.8) is 0 Å². The molecule has 0 saturated carbocycles. The zero-order valence-electron chi connectivity index (χ0n) is 12.6. The fraction of sp³-hybridized carbons (Fsp3) is 0.333. The first kappa shape index (κ1) is 14.6. The Morgan fingerprint density at radius 3 is 2.15 bits per heavy atom. The molecule has 1 N–H and O–H groups in total. The molecule has 0 aromatic heterocycles. The Hall–Kier alpha value is -1.83. The molecule has 0 bridgehead atoms. The largest absolute Gasteiger partial charge is 0.378 e. The molecule has 2 rings (SSSR count). The number of hydrogen-bond acceptors (Lipinski definition) is 1. The minimum atomic E-state index is -0.198. The molecule has 0 saturated heterocycles. The van der Waals surface area contributed by atoms with E-state index in [9.17, 15) is 4.39 Å². The van der Waals surface area contributed by atoms with Gasteiger partial charge in [-0.05, 0) is 41.7 Å². The van der Waals surface area contributed by atoms with Crippen LogP contribution in [0.15, 0.2) is 48.5 Å². The van der Waals surface area contributed by atoms with E-state index in [1.54, 1.807) is 0 Å². The third-order valence-electron chi connectivity index (χ3n) is 3.48. The summed E-state index contributed by atoms with van der Waals surface area (Å²) in [6, 6.07) is 15.1. The number of benzene rings is 2. The summed E-state index contributed by atoms with van der Waals surface area (Å²) in [5.74, 6) is -0.198. The maximum absolute atomic E-state index is 13.0. The maximum Gasteiger partial charge on any atom is 0.123 e. The first-order valence-corrected chi connectivity index (χ1v) is 6.99. The van der Waals surface area contributed by atoms with Crippen molar-refractivity contribution in [1.29, 1.82) is 0 Å². The molecule has 2 aromatic carbocycles. The van der Waals surface area contributed by atoms with Crippen molar-refractivity contribution < 1.29 is 4.39 Å². The van der Waals surface area contributed by atoms with Gasteiger partial charge in [0.05, 0.1) is 0 Å². The molecule has 0 fully saturated rings. The van der Waals surface area contributed by atoms with Gasteiger partial charge in [0.25, 0.3) is 0 Å². The number of halogens is 1. The second-order valence-electron chi connectivity index (χ2n) is 6.21. The third-order valence-corrected chi connectivity index (χ3v) is 3.48. The van der Waals surface area contributed by atoms with Crippen LogP contribution in [0.2, 0.25) is 0 Å². The van der Waals surface area contributed by atoms with E-state index in [2.05, 4.69) is 51.2 Å². The number of anilines is 1. The van der Waals surface area contributed by atoms with E-state index in [0.717, 1.165) is 11.3 Å². The third kappa shape index (κ3) is 3.38. The van der Waals surface area contributed by atoms with E-state index in [-0.39, 0.29) is 17.3 Å². The second-order valence-corrected chi connectivity index (χ2v) is 6.21. The highest BCUT2D eigenvalue weighted by Gasteiger charge is 2.18. The van der Waals surface area contributed by atoms with Crippen molar-refractivity contribution in [3.8, 4) is 0 Å². The van der Waals surface area contributed by atoms with Crippen molar-refractivity contribution in [2.45, 2.75) is 39.2 Å². The second kappa shape index (κ2) is 5.66.